The molecule has 0 aromatic carbocycles. The molecule has 2 N–H and O–H groups in total. The van der Waals surface area contributed by atoms with Gasteiger partial charge in [-0.1, -0.05) is 6.07 Å². The van der Waals surface area contributed by atoms with Gasteiger partial charge in [-0.25, -0.2) is 0 Å². The van der Waals surface area contributed by atoms with Crippen molar-refractivity contribution in [2.24, 2.45) is 0 Å². The Morgan fingerprint density at radius 1 is 1.59 bits per heavy atom. The van der Waals surface area contributed by atoms with E-state index in [2.05, 4.69) is 15.6 Å². The molecule has 0 radical (unpaired) electrons. The number of rotatable bonds is 7. The molecule has 0 aliphatic carbocycles. The van der Waals surface area contributed by atoms with Crippen LogP contribution in [0.3, 0.4) is 0 Å². The van der Waals surface area contributed by atoms with Crippen LogP contribution >= 0.6 is 0 Å². The van der Waals surface area contributed by atoms with Gasteiger partial charge in [0.25, 0.3) is 0 Å². The van der Waals surface area contributed by atoms with E-state index in [1.165, 1.54) is 0 Å². The van der Waals surface area contributed by atoms with Crippen LogP contribution in [0.25, 0.3) is 0 Å². The summed E-state index contributed by atoms with van der Waals surface area (Å²) in [6.07, 6.45) is 3.50. The molecule has 5 heteroatoms. The fourth-order valence-corrected chi connectivity index (χ4v) is 1.44. The minimum absolute atomic E-state index is 0.0292. The Kier molecular flexibility index (Phi) is 6.21. The van der Waals surface area contributed by atoms with Crippen molar-refractivity contribution in [2.45, 2.75) is 19.5 Å². The molecule has 0 fully saturated rings. The molecule has 1 heterocycles. The standard InChI is InChI=1S/C12H19N3O2/c1-10(9-17-2)15-12(16)8-14-7-11-4-3-5-13-6-11/h3-6,10,14H,7-9H2,1-2H3,(H,15,16). The first-order valence-electron chi connectivity index (χ1n) is 5.60. The average Bonchev–Trinajstić information content (AvgIpc) is 2.30. The zero-order valence-electron chi connectivity index (χ0n) is 10.3. The molecule has 1 unspecified atom stereocenters. The molecule has 0 aliphatic rings. The van der Waals surface area contributed by atoms with Gasteiger partial charge in [0.15, 0.2) is 0 Å². The van der Waals surface area contributed by atoms with Crippen LogP contribution < -0.4 is 10.6 Å². The zero-order chi connectivity index (χ0) is 12.5. The summed E-state index contributed by atoms with van der Waals surface area (Å²) in [5.41, 5.74) is 1.06. The summed E-state index contributed by atoms with van der Waals surface area (Å²) in [6, 6.07) is 3.87. The van der Waals surface area contributed by atoms with Crippen molar-refractivity contribution in [2.75, 3.05) is 20.3 Å². The zero-order valence-corrected chi connectivity index (χ0v) is 10.3. The molecule has 17 heavy (non-hydrogen) atoms. The molecule has 94 valence electrons. The predicted octanol–water partition coefficient (Wildman–Crippen LogP) is 0.322. The van der Waals surface area contributed by atoms with E-state index < -0.39 is 0 Å². The van der Waals surface area contributed by atoms with E-state index in [-0.39, 0.29) is 11.9 Å². The Bertz CT molecular complexity index is 330. The highest BCUT2D eigenvalue weighted by molar-refractivity contribution is 5.78. The highest BCUT2D eigenvalue weighted by Crippen LogP contribution is 1.93. The number of methoxy groups -OCH3 is 1. The van der Waals surface area contributed by atoms with Crippen LogP contribution in [-0.2, 0) is 16.1 Å². The van der Waals surface area contributed by atoms with Gasteiger partial charge in [0, 0.05) is 32.1 Å². The summed E-state index contributed by atoms with van der Waals surface area (Å²) in [4.78, 5) is 15.5. The number of nitrogens with one attached hydrogen (secondary N) is 2. The smallest absolute Gasteiger partial charge is 0.234 e. The van der Waals surface area contributed by atoms with E-state index in [0.717, 1.165) is 5.56 Å². The fraction of sp³-hybridized carbons (Fsp3) is 0.500. The third kappa shape index (κ3) is 5.99. The summed E-state index contributed by atoms with van der Waals surface area (Å²) in [7, 11) is 1.61. The fourth-order valence-electron chi connectivity index (χ4n) is 1.44. The quantitative estimate of drug-likeness (QED) is 0.717. The number of nitrogens with zero attached hydrogens (tertiary/aromatic N) is 1. The Labute approximate surface area is 102 Å². The highest BCUT2D eigenvalue weighted by atomic mass is 16.5. The molecule has 0 aliphatic heterocycles. The van der Waals surface area contributed by atoms with Crippen molar-refractivity contribution < 1.29 is 9.53 Å². The van der Waals surface area contributed by atoms with Crippen molar-refractivity contribution >= 4 is 5.91 Å². The molecule has 1 aromatic rings. The molecular weight excluding hydrogens is 218 g/mol. The van der Waals surface area contributed by atoms with Crippen LogP contribution in [0.2, 0.25) is 0 Å². The van der Waals surface area contributed by atoms with Gasteiger partial charge in [-0.3, -0.25) is 9.78 Å². The summed E-state index contributed by atoms with van der Waals surface area (Å²) >= 11 is 0. The SMILES string of the molecule is COCC(C)NC(=O)CNCc1cccnc1. The second-order valence-electron chi connectivity index (χ2n) is 3.89. The molecule has 0 bridgehead atoms. The predicted molar refractivity (Wildman–Crippen MR) is 65.4 cm³/mol. The molecule has 0 saturated carbocycles. The van der Waals surface area contributed by atoms with Gasteiger partial charge in [0.05, 0.1) is 13.2 Å². The first kappa shape index (κ1) is 13.6. The van der Waals surface area contributed by atoms with Crippen molar-refractivity contribution in [3.8, 4) is 0 Å². The summed E-state index contributed by atoms with van der Waals surface area (Å²) in [5, 5.41) is 5.88. The second kappa shape index (κ2) is 7.76. The lowest BCUT2D eigenvalue weighted by Crippen LogP contribution is -2.40. The number of pyridine rings is 1. The van der Waals surface area contributed by atoms with E-state index in [0.29, 0.717) is 19.7 Å². The topological polar surface area (TPSA) is 63.2 Å². The first-order valence-corrected chi connectivity index (χ1v) is 5.60. The average molecular weight is 237 g/mol. The monoisotopic (exact) mass is 237 g/mol. The third-order valence-electron chi connectivity index (χ3n) is 2.16. The normalized spacial score (nSPS) is 12.1. The number of carbonyl (C=O) groups excluding carboxylic acids is 1. The minimum Gasteiger partial charge on any atom is -0.383 e. The van der Waals surface area contributed by atoms with Crippen LogP contribution in [0.5, 0.6) is 0 Å². The first-order chi connectivity index (χ1) is 8.22. The third-order valence-corrected chi connectivity index (χ3v) is 2.16. The Morgan fingerprint density at radius 3 is 3.06 bits per heavy atom. The van der Waals surface area contributed by atoms with Crippen molar-refractivity contribution in [3.63, 3.8) is 0 Å². The van der Waals surface area contributed by atoms with E-state index in [4.69, 9.17) is 4.74 Å². The van der Waals surface area contributed by atoms with Crippen molar-refractivity contribution in [3.05, 3.63) is 30.1 Å². The van der Waals surface area contributed by atoms with Gasteiger partial charge in [0.1, 0.15) is 0 Å². The molecular formula is C12H19N3O2. The largest absolute Gasteiger partial charge is 0.383 e. The van der Waals surface area contributed by atoms with E-state index in [1.54, 1.807) is 19.5 Å². The van der Waals surface area contributed by atoms with Gasteiger partial charge in [0.2, 0.25) is 5.91 Å². The number of aromatic nitrogens is 1. The molecule has 1 rings (SSSR count). The van der Waals surface area contributed by atoms with Crippen LogP contribution in [-0.4, -0.2) is 37.2 Å². The van der Waals surface area contributed by atoms with Crippen LogP contribution in [0.1, 0.15) is 12.5 Å². The molecule has 1 amide bonds. The van der Waals surface area contributed by atoms with Gasteiger partial charge in [-0.05, 0) is 18.6 Å². The van der Waals surface area contributed by atoms with Crippen LogP contribution in [0, 0.1) is 0 Å². The molecule has 5 nitrogen and oxygen atoms in total. The number of amides is 1. The minimum atomic E-state index is -0.0292. The van der Waals surface area contributed by atoms with Gasteiger partial charge < -0.3 is 15.4 Å². The maximum Gasteiger partial charge on any atom is 0.234 e. The van der Waals surface area contributed by atoms with E-state index in [1.807, 2.05) is 19.1 Å². The maximum atomic E-state index is 11.5. The Hall–Kier alpha value is -1.46. The molecule has 0 saturated heterocycles. The van der Waals surface area contributed by atoms with E-state index >= 15 is 0 Å². The number of ether oxygens (including phenoxy) is 1. The molecule has 1 aromatic heterocycles. The lowest BCUT2D eigenvalue weighted by Gasteiger charge is -2.12. The number of carbonyl (C=O) groups is 1. The molecule has 1 atom stereocenters. The molecule has 0 spiro atoms. The number of hydrogen-bond donors (Lipinski definition) is 2. The van der Waals surface area contributed by atoms with Gasteiger partial charge >= 0.3 is 0 Å². The van der Waals surface area contributed by atoms with Crippen molar-refractivity contribution in [1.82, 2.24) is 15.6 Å². The Morgan fingerprint density at radius 2 is 2.41 bits per heavy atom. The summed E-state index contributed by atoms with van der Waals surface area (Å²) < 4.78 is 4.93. The lowest BCUT2D eigenvalue weighted by atomic mass is 10.3. The van der Waals surface area contributed by atoms with Crippen molar-refractivity contribution in [1.29, 1.82) is 0 Å². The summed E-state index contributed by atoms with van der Waals surface area (Å²) in [6.45, 7) is 3.36. The Balaban J connectivity index is 2.16. The second-order valence-corrected chi connectivity index (χ2v) is 3.89. The van der Waals surface area contributed by atoms with Gasteiger partial charge in [-0.15, -0.1) is 0 Å². The van der Waals surface area contributed by atoms with E-state index in [9.17, 15) is 4.79 Å². The number of hydrogen-bond acceptors (Lipinski definition) is 4. The lowest BCUT2D eigenvalue weighted by molar-refractivity contribution is -0.121. The van der Waals surface area contributed by atoms with Crippen LogP contribution in [0.15, 0.2) is 24.5 Å². The highest BCUT2D eigenvalue weighted by Gasteiger charge is 2.05. The van der Waals surface area contributed by atoms with Gasteiger partial charge in [-0.2, -0.15) is 0 Å². The summed E-state index contributed by atoms with van der Waals surface area (Å²) in [5.74, 6) is -0.0292. The van der Waals surface area contributed by atoms with Crippen LogP contribution in [0.4, 0.5) is 0 Å². The maximum absolute atomic E-state index is 11.5.